The van der Waals surface area contributed by atoms with Gasteiger partial charge in [-0.1, -0.05) is 18.2 Å². The molecule has 0 fully saturated rings. The van der Waals surface area contributed by atoms with Crippen molar-refractivity contribution in [2.24, 2.45) is 5.14 Å². The number of amides is 1. The number of aliphatic hydroxyl groups is 1. The number of nitrogens with zero attached hydrogens (tertiary/aromatic N) is 1. The quantitative estimate of drug-likeness (QED) is 0.302. The van der Waals surface area contributed by atoms with Crippen LogP contribution in [-0.2, 0) is 14.8 Å². The van der Waals surface area contributed by atoms with Gasteiger partial charge in [-0.15, -0.1) is 0 Å². The summed E-state index contributed by atoms with van der Waals surface area (Å²) in [6.45, 7) is 1.23. The zero-order chi connectivity index (χ0) is 21.7. The van der Waals surface area contributed by atoms with E-state index >= 15 is 0 Å². The molecule has 0 aliphatic carbocycles. The first-order valence-electron chi connectivity index (χ1n) is 8.95. The van der Waals surface area contributed by atoms with Crippen molar-refractivity contribution in [3.05, 3.63) is 78.1 Å². The number of sulfonamides is 1. The van der Waals surface area contributed by atoms with Gasteiger partial charge in [-0.25, -0.2) is 24.0 Å². The molecule has 0 atom stereocenters. The first kappa shape index (κ1) is 21.5. The number of nitrogens with two attached hydrogens (primary N) is 1. The van der Waals surface area contributed by atoms with Gasteiger partial charge in [-0.05, 0) is 61.5 Å². The molecule has 0 spiro atoms. The molecule has 156 valence electrons. The molecule has 3 rings (SSSR count). The average Bonchev–Trinajstić information content (AvgIpc) is 3.20. The Bertz CT molecular complexity index is 1150. The van der Waals surface area contributed by atoms with Gasteiger partial charge in [-0.3, -0.25) is 4.79 Å². The molecule has 0 saturated carbocycles. The lowest BCUT2D eigenvalue weighted by Gasteiger charge is -2.22. The molecule has 30 heavy (non-hydrogen) atoms. The Labute approximate surface area is 174 Å². The number of aliphatic hydroxyl groups excluding tert-OH is 1. The zero-order valence-corrected chi connectivity index (χ0v) is 17.0. The van der Waals surface area contributed by atoms with Gasteiger partial charge in [0.15, 0.2) is 0 Å². The van der Waals surface area contributed by atoms with Crippen LogP contribution in [0.2, 0.25) is 0 Å². The van der Waals surface area contributed by atoms with Crippen LogP contribution >= 0.6 is 0 Å². The summed E-state index contributed by atoms with van der Waals surface area (Å²) >= 11 is 0. The van der Waals surface area contributed by atoms with Crippen molar-refractivity contribution in [2.75, 3.05) is 11.7 Å². The fourth-order valence-corrected chi connectivity index (χ4v) is 3.29. The van der Waals surface area contributed by atoms with Crippen LogP contribution in [0.5, 0.6) is 0 Å². The van der Waals surface area contributed by atoms with E-state index in [9.17, 15) is 18.3 Å². The summed E-state index contributed by atoms with van der Waals surface area (Å²) in [5.74, 6) is 0.602. The average molecular weight is 427 g/mol. The van der Waals surface area contributed by atoms with Crippen LogP contribution in [0, 0.1) is 0 Å². The molecule has 1 heterocycles. The first-order chi connectivity index (χ1) is 14.3. The molecule has 0 saturated heterocycles. The summed E-state index contributed by atoms with van der Waals surface area (Å²) in [5.41, 5.74) is 4.25. The molecule has 0 radical (unpaired) electrons. The number of hydrogen-bond donors (Lipinski definition) is 3. The molecule has 0 unspecified atom stereocenters. The number of primary sulfonamides is 1. The topological polar surface area (TPSA) is 126 Å². The first-order valence-corrected chi connectivity index (χ1v) is 10.5. The highest BCUT2D eigenvalue weighted by molar-refractivity contribution is 7.89. The van der Waals surface area contributed by atoms with E-state index < -0.39 is 16.8 Å². The van der Waals surface area contributed by atoms with Crippen molar-refractivity contribution >= 4 is 27.7 Å². The number of furan rings is 1. The smallest absolute Gasteiger partial charge is 0.268 e. The zero-order valence-electron chi connectivity index (χ0n) is 16.1. The van der Waals surface area contributed by atoms with Crippen LogP contribution in [0.1, 0.15) is 12.7 Å². The molecule has 0 bridgehead atoms. The van der Waals surface area contributed by atoms with Crippen LogP contribution in [0.3, 0.4) is 0 Å². The molecule has 0 aliphatic rings. The van der Waals surface area contributed by atoms with Gasteiger partial charge in [-0.2, -0.15) is 0 Å². The summed E-state index contributed by atoms with van der Waals surface area (Å²) in [5, 5.41) is 15.6. The molecule has 8 nitrogen and oxygen atoms in total. The van der Waals surface area contributed by atoms with Gasteiger partial charge in [0.2, 0.25) is 10.0 Å². The second kappa shape index (κ2) is 9.06. The summed E-state index contributed by atoms with van der Waals surface area (Å²) in [6.07, 6.45) is 1.58. The van der Waals surface area contributed by atoms with Gasteiger partial charge >= 0.3 is 0 Å². The molecule has 4 N–H and O–H groups in total. The van der Waals surface area contributed by atoms with E-state index in [4.69, 9.17) is 9.56 Å². The van der Waals surface area contributed by atoms with Crippen LogP contribution in [0.15, 0.2) is 81.6 Å². The number of carbonyl (C=O) groups excluding carboxylic acids is 1. The van der Waals surface area contributed by atoms with Crippen molar-refractivity contribution in [3.63, 3.8) is 0 Å². The second-order valence-electron chi connectivity index (χ2n) is 6.39. The van der Waals surface area contributed by atoms with Crippen molar-refractivity contribution in [3.8, 4) is 11.3 Å². The normalized spacial score (nSPS) is 12.0. The largest absolute Gasteiger partial charge is 0.457 e. The highest BCUT2D eigenvalue weighted by Gasteiger charge is 2.17. The maximum atomic E-state index is 12.8. The molecule has 3 aromatic rings. The van der Waals surface area contributed by atoms with E-state index in [1.807, 2.05) is 6.07 Å². The lowest BCUT2D eigenvalue weighted by molar-refractivity contribution is -0.116. The van der Waals surface area contributed by atoms with E-state index in [0.29, 0.717) is 28.3 Å². The van der Waals surface area contributed by atoms with Gasteiger partial charge in [0.25, 0.3) is 5.91 Å². The third kappa shape index (κ3) is 5.02. The predicted octanol–water partition coefficient (Wildman–Crippen LogP) is 2.48. The SMILES string of the molecule is C/C(=C/c1ccc(-c2ccc(S(N)(=O)=O)cc2)o1)C(=O)N(NCO)c1ccccc1. The predicted molar refractivity (Wildman–Crippen MR) is 113 cm³/mol. The monoisotopic (exact) mass is 427 g/mol. The van der Waals surface area contributed by atoms with Gasteiger partial charge in [0.05, 0.1) is 10.6 Å². The van der Waals surface area contributed by atoms with Gasteiger partial charge in [0, 0.05) is 11.1 Å². The van der Waals surface area contributed by atoms with Crippen LogP contribution < -0.4 is 15.6 Å². The second-order valence-corrected chi connectivity index (χ2v) is 7.95. The van der Waals surface area contributed by atoms with E-state index in [0.717, 1.165) is 0 Å². The number of hydrogen-bond acceptors (Lipinski definition) is 6. The van der Waals surface area contributed by atoms with E-state index in [-0.39, 0.29) is 10.8 Å². The Kier molecular flexibility index (Phi) is 6.48. The van der Waals surface area contributed by atoms with E-state index in [2.05, 4.69) is 5.43 Å². The Morgan fingerprint density at radius 3 is 2.37 bits per heavy atom. The summed E-state index contributed by atoms with van der Waals surface area (Å²) in [6, 6.07) is 18.3. The molecular weight excluding hydrogens is 406 g/mol. The summed E-state index contributed by atoms with van der Waals surface area (Å²) < 4.78 is 28.5. The van der Waals surface area contributed by atoms with Crippen molar-refractivity contribution < 1.29 is 22.7 Å². The van der Waals surface area contributed by atoms with Crippen LogP contribution in [0.25, 0.3) is 17.4 Å². The molecule has 1 aromatic heterocycles. The van der Waals surface area contributed by atoms with Crippen molar-refractivity contribution in [2.45, 2.75) is 11.8 Å². The van der Waals surface area contributed by atoms with E-state index in [1.165, 1.54) is 17.1 Å². The number of para-hydroxylation sites is 1. The maximum absolute atomic E-state index is 12.8. The minimum atomic E-state index is -3.76. The van der Waals surface area contributed by atoms with Crippen LogP contribution in [-0.4, -0.2) is 26.2 Å². The number of carbonyl (C=O) groups is 1. The number of hydrazine groups is 1. The highest BCUT2D eigenvalue weighted by atomic mass is 32.2. The molecule has 0 aliphatic heterocycles. The van der Waals surface area contributed by atoms with Crippen molar-refractivity contribution in [1.82, 2.24) is 5.43 Å². The summed E-state index contributed by atoms with van der Waals surface area (Å²) in [7, 11) is -3.76. The van der Waals surface area contributed by atoms with E-state index in [1.54, 1.807) is 61.5 Å². The fraction of sp³-hybridized carbons (Fsp3) is 0.0952. The molecular formula is C21H21N3O5S. The lowest BCUT2D eigenvalue weighted by atomic mass is 10.2. The molecule has 1 amide bonds. The summed E-state index contributed by atoms with van der Waals surface area (Å²) in [4.78, 5) is 12.8. The van der Waals surface area contributed by atoms with Crippen molar-refractivity contribution in [1.29, 1.82) is 0 Å². The fourth-order valence-electron chi connectivity index (χ4n) is 2.77. The third-order valence-corrected chi connectivity index (χ3v) is 5.17. The Morgan fingerprint density at radius 2 is 1.77 bits per heavy atom. The number of rotatable bonds is 7. The van der Waals surface area contributed by atoms with Gasteiger partial charge in [0.1, 0.15) is 18.3 Å². The highest BCUT2D eigenvalue weighted by Crippen LogP contribution is 2.25. The Hall–Kier alpha value is -3.24. The molecule has 9 heteroatoms. The minimum Gasteiger partial charge on any atom is -0.457 e. The third-order valence-electron chi connectivity index (χ3n) is 4.24. The lowest BCUT2D eigenvalue weighted by Crippen LogP contribution is -2.44. The number of benzene rings is 2. The van der Waals surface area contributed by atoms with Crippen LogP contribution in [0.4, 0.5) is 5.69 Å². The standard InChI is InChI=1S/C21H21N3O5S/c1-15(21(26)24(23-14-25)17-5-3-2-4-6-17)13-18-9-12-20(29-18)16-7-10-19(11-8-16)30(22,27)28/h2-13,23,25H,14H2,1H3,(H2,22,27,28)/b15-13-. The minimum absolute atomic E-state index is 0.0109. The number of anilines is 1. The number of nitrogens with one attached hydrogen (secondary N) is 1. The Morgan fingerprint density at radius 1 is 1.10 bits per heavy atom. The molecule has 2 aromatic carbocycles. The Balaban J connectivity index is 1.81. The maximum Gasteiger partial charge on any atom is 0.268 e. The van der Waals surface area contributed by atoms with Gasteiger partial charge < -0.3 is 9.52 Å².